The number of rotatable bonds is 6. The molecule has 22 heavy (non-hydrogen) atoms. The molecule has 0 aliphatic rings. The van der Waals surface area contributed by atoms with Gasteiger partial charge in [0.2, 0.25) is 0 Å². The second-order valence-electron chi connectivity index (χ2n) is 4.74. The monoisotopic (exact) mass is 286 g/mol. The molecule has 0 amide bonds. The van der Waals surface area contributed by atoms with Crippen LogP contribution in [0.2, 0.25) is 0 Å². The van der Waals surface area contributed by atoms with Crippen molar-refractivity contribution in [1.29, 1.82) is 0 Å². The van der Waals surface area contributed by atoms with Gasteiger partial charge in [-0.05, 0) is 34.4 Å². The molecule has 0 saturated carbocycles. The maximum Gasteiger partial charge on any atom is 0.178 e. The molecule has 0 spiro atoms. The molecule has 0 aliphatic carbocycles. The van der Waals surface area contributed by atoms with Crippen molar-refractivity contribution < 1.29 is 4.79 Å². The molecule has 0 radical (unpaired) electrons. The van der Waals surface area contributed by atoms with Crippen LogP contribution in [0.25, 0.3) is 24.3 Å². The van der Waals surface area contributed by atoms with Crippen LogP contribution in [0.5, 0.6) is 0 Å². The van der Waals surface area contributed by atoms with Crippen LogP contribution in [0.3, 0.4) is 0 Å². The maximum absolute atomic E-state index is 12.0. The first-order valence-corrected chi connectivity index (χ1v) is 7.07. The maximum atomic E-state index is 12.0. The number of carbonyl (C=O) groups excluding carboxylic acids is 1. The van der Waals surface area contributed by atoms with Crippen molar-refractivity contribution in [1.82, 2.24) is 0 Å². The fourth-order valence-corrected chi connectivity index (χ4v) is 2.10. The van der Waals surface area contributed by atoms with Gasteiger partial charge in [-0.1, -0.05) is 86.0 Å². The number of hydrogen-bond acceptors (Lipinski definition) is 1. The Balaban J connectivity index is 2.13. The summed E-state index contributed by atoms with van der Waals surface area (Å²) in [5, 5.41) is 0. The second-order valence-corrected chi connectivity index (χ2v) is 4.74. The van der Waals surface area contributed by atoms with Crippen LogP contribution >= 0.6 is 0 Å². The summed E-state index contributed by atoms with van der Waals surface area (Å²) in [4.78, 5) is 12.0. The van der Waals surface area contributed by atoms with E-state index in [4.69, 9.17) is 0 Å². The minimum atomic E-state index is -0.0577. The fraction of sp³-hybridized carbons (Fsp3) is 0. The van der Waals surface area contributed by atoms with Gasteiger partial charge in [0.1, 0.15) is 0 Å². The summed E-state index contributed by atoms with van der Waals surface area (Å²) in [5.41, 5.74) is 3.97. The highest BCUT2D eigenvalue weighted by atomic mass is 16.1. The normalized spacial score (nSPS) is 10.9. The van der Waals surface area contributed by atoms with E-state index in [1.165, 1.54) is 0 Å². The van der Waals surface area contributed by atoms with Gasteiger partial charge in [0.25, 0.3) is 0 Å². The number of hydrogen-bond donors (Lipinski definition) is 0. The molecule has 0 heterocycles. The van der Waals surface area contributed by atoms with Gasteiger partial charge in [0, 0.05) is 0 Å². The molecular weight excluding hydrogens is 268 g/mol. The van der Waals surface area contributed by atoms with Gasteiger partial charge in [0.05, 0.1) is 0 Å². The van der Waals surface area contributed by atoms with Crippen molar-refractivity contribution in [3.05, 3.63) is 96.1 Å². The standard InChI is InChI=1S/C21H18O/c1-3-17-9-5-7-11-19(17)13-15-21(22)16-14-20-12-8-6-10-18(20)4-2/h3-16H,1-2H2/b15-13+,16-14+. The topological polar surface area (TPSA) is 17.1 Å². The van der Waals surface area contributed by atoms with Gasteiger partial charge >= 0.3 is 0 Å². The van der Waals surface area contributed by atoms with Gasteiger partial charge in [-0.25, -0.2) is 0 Å². The van der Waals surface area contributed by atoms with Crippen molar-refractivity contribution in [2.24, 2.45) is 0 Å². The summed E-state index contributed by atoms with van der Waals surface area (Å²) in [6.07, 6.45) is 10.3. The molecule has 2 aromatic rings. The first-order valence-electron chi connectivity index (χ1n) is 7.07. The van der Waals surface area contributed by atoms with Crippen LogP contribution in [0.15, 0.2) is 73.8 Å². The van der Waals surface area contributed by atoms with E-state index in [1.807, 2.05) is 60.7 Å². The fourth-order valence-electron chi connectivity index (χ4n) is 2.10. The molecule has 2 rings (SSSR count). The van der Waals surface area contributed by atoms with E-state index >= 15 is 0 Å². The molecule has 2 aromatic carbocycles. The van der Waals surface area contributed by atoms with E-state index in [0.717, 1.165) is 22.3 Å². The zero-order valence-corrected chi connectivity index (χ0v) is 12.4. The van der Waals surface area contributed by atoms with Crippen molar-refractivity contribution in [3.63, 3.8) is 0 Å². The van der Waals surface area contributed by atoms with Crippen LogP contribution in [0.1, 0.15) is 22.3 Å². The Morgan fingerprint density at radius 2 is 1.05 bits per heavy atom. The van der Waals surface area contributed by atoms with Gasteiger partial charge < -0.3 is 0 Å². The summed E-state index contributed by atoms with van der Waals surface area (Å²) >= 11 is 0. The Labute approximate surface area is 131 Å². The highest BCUT2D eigenvalue weighted by Gasteiger charge is 1.96. The van der Waals surface area contributed by atoms with Gasteiger partial charge in [-0.15, -0.1) is 0 Å². The second kappa shape index (κ2) is 7.75. The molecule has 0 bridgehead atoms. The van der Waals surface area contributed by atoms with Crippen LogP contribution in [-0.4, -0.2) is 5.78 Å². The van der Waals surface area contributed by atoms with E-state index in [-0.39, 0.29) is 5.78 Å². The highest BCUT2D eigenvalue weighted by molar-refractivity contribution is 6.04. The lowest BCUT2D eigenvalue weighted by molar-refractivity contribution is -0.110. The lowest BCUT2D eigenvalue weighted by Gasteiger charge is -1.99. The quantitative estimate of drug-likeness (QED) is 0.661. The number of ketones is 1. The summed E-state index contributed by atoms with van der Waals surface area (Å²) in [6, 6.07) is 15.6. The Kier molecular flexibility index (Phi) is 5.44. The molecule has 1 nitrogen and oxygen atoms in total. The van der Waals surface area contributed by atoms with Crippen LogP contribution < -0.4 is 0 Å². The third-order valence-electron chi connectivity index (χ3n) is 3.29. The largest absolute Gasteiger partial charge is 0.290 e. The molecular formula is C21H18O. The SMILES string of the molecule is C=Cc1ccccc1/C=C/C(=O)/C=C/c1ccccc1C=C. The van der Waals surface area contributed by atoms with Crippen molar-refractivity contribution in [3.8, 4) is 0 Å². The first-order chi connectivity index (χ1) is 10.7. The third kappa shape index (κ3) is 4.03. The zero-order chi connectivity index (χ0) is 15.8. The summed E-state index contributed by atoms with van der Waals surface area (Å²) in [7, 11) is 0. The Morgan fingerprint density at radius 1 is 0.682 bits per heavy atom. The molecule has 0 aromatic heterocycles. The minimum absolute atomic E-state index is 0.0577. The van der Waals surface area contributed by atoms with E-state index < -0.39 is 0 Å². The number of carbonyl (C=O) groups is 1. The lowest BCUT2D eigenvalue weighted by Crippen LogP contribution is -1.87. The van der Waals surface area contributed by atoms with Gasteiger partial charge in [-0.3, -0.25) is 4.79 Å². The van der Waals surface area contributed by atoms with Crippen molar-refractivity contribution in [2.75, 3.05) is 0 Å². The molecule has 0 atom stereocenters. The summed E-state index contributed by atoms with van der Waals surface area (Å²) < 4.78 is 0. The molecule has 0 fully saturated rings. The van der Waals surface area contributed by atoms with Crippen LogP contribution in [0.4, 0.5) is 0 Å². The van der Waals surface area contributed by atoms with E-state index in [0.29, 0.717) is 0 Å². The first kappa shape index (κ1) is 15.5. The molecule has 1 heteroatoms. The molecule has 0 aliphatic heterocycles. The van der Waals surface area contributed by atoms with E-state index in [9.17, 15) is 4.79 Å². The Hall–Kier alpha value is -2.93. The van der Waals surface area contributed by atoms with Crippen LogP contribution in [0, 0.1) is 0 Å². The van der Waals surface area contributed by atoms with Crippen molar-refractivity contribution in [2.45, 2.75) is 0 Å². The molecule has 0 N–H and O–H groups in total. The molecule has 0 saturated heterocycles. The predicted molar refractivity (Wildman–Crippen MR) is 96.1 cm³/mol. The average molecular weight is 286 g/mol. The number of benzene rings is 2. The number of allylic oxidation sites excluding steroid dienone is 2. The smallest absolute Gasteiger partial charge is 0.178 e. The molecule has 0 unspecified atom stereocenters. The van der Waals surface area contributed by atoms with Crippen molar-refractivity contribution >= 4 is 30.1 Å². The minimum Gasteiger partial charge on any atom is -0.290 e. The van der Waals surface area contributed by atoms with Crippen LogP contribution in [-0.2, 0) is 4.79 Å². The predicted octanol–water partition coefficient (Wildman–Crippen LogP) is 5.27. The van der Waals surface area contributed by atoms with E-state index in [2.05, 4.69) is 13.2 Å². The van der Waals surface area contributed by atoms with Gasteiger partial charge in [-0.2, -0.15) is 0 Å². The zero-order valence-electron chi connectivity index (χ0n) is 12.4. The van der Waals surface area contributed by atoms with Gasteiger partial charge in [0.15, 0.2) is 5.78 Å². The Bertz CT molecular complexity index is 685. The highest BCUT2D eigenvalue weighted by Crippen LogP contribution is 2.13. The Morgan fingerprint density at radius 3 is 1.41 bits per heavy atom. The lowest BCUT2D eigenvalue weighted by atomic mass is 10.1. The summed E-state index contributed by atoms with van der Waals surface area (Å²) in [5.74, 6) is -0.0577. The average Bonchev–Trinajstić information content (AvgIpc) is 2.58. The summed E-state index contributed by atoms with van der Waals surface area (Å²) in [6.45, 7) is 7.54. The molecule has 108 valence electrons. The third-order valence-corrected chi connectivity index (χ3v) is 3.29. The van der Waals surface area contributed by atoms with E-state index in [1.54, 1.807) is 24.3 Å².